The van der Waals surface area contributed by atoms with E-state index in [1.165, 1.54) is 6.33 Å². The van der Waals surface area contributed by atoms with Crippen molar-refractivity contribution >= 4 is 42.9 Å². The number of sulfone groups is 1. The Labute approximate surface area is 190 Å². The van der Waals surface area contributed by atoms with Gasteiger partial charge in [0.15, 0.2) is 5.82 Å². The van der Waals surface area contributed by atoms with E-state index < -0.39 is 9.84 Å². The van der Waals surface area contributed by atoms with Gasteiger partial charge >= 0.3 is 0 Å². The molecule has 32 heavy (non-hydrogen) atoms. The van der Waals surface area contributed by atoms with Gasteiger partial charge in [-0.2, -0.15) is 0 Å². The minimum Gasteiger partial charge on any atom is -0.339 e. The number of nitrogens with zero attached hydrogens (tertiary/aromatic N) is 2. The quantitative estimate of drug-likeness (QED) is 0.440. The Morgan fingerprint density at radius 1 is 1.03 bits per heavy atom. The summed E-state index contributed by atoms with van der Waals surface area (Å²) in [6.07, 6.45) is 3.76. The summed E-state index contributed by atoms with van der Waals surface area (Å²) in [6, 6.07) is 17.3. The molecular formula is C24H20N4O2S2. The van der Waals surface area contributed by atoms with Crippen molar-refractivity contribution in [3.63, 3.8) is 0 Å². The third-order valence-corrected chi connectivity index (χ3v) is 8.05. The van der Waals surface area contributed by atoms with Crippen molar-refractivity contribution in [2.24, 2.45) is 0 Å². The van der Waals surface area contributed by atoms with Crippen LogP contribution in [0.1, 0.15) is 17.7 Å². The lowest BCUT2D eigenvalue weighted by Crippen LogP contribution is -2.18. The molecule has 0 saturated carbocycles. The number of fused-ring (bicyclic) bond motifs is 1. The normalized spacial score (nSPS) is 15.9. The van der Waals surface area contributed by atoms with E-state index in [0.29, 0.717) is 5.82 Å². The molecule has 0 bridgehead atoms. The van der Waals surface area contributed by atoms with Crippen LogP contribution in [0.25, 0.3) is 10.2 Å². The van der Waals surface area contributed by atoms with Gasteiger partial charge in [0.2, 0.25) is 9.84 Å². The lowest BCUT2D eigenvalue weighted by atomic mass is 10.2. The third-order valence-electron chi connectivity index (χ3n) is 5.22. The summed E-state index contributed by atoms with van der Waals surface area (Å²) in [5.41, 5.74) is 1.58. The summed E-state index contributed by atoms with van der Waals surface area (Å²) in [6.45, 7) is 1.02. The SMILES string of the molecule is O=S(=O)(c1ccccc1)c1ccc(Nc2ncnc3cc(C#CC4CCCN4)sc23)cc1. The number of nitrogens with one attached hydrogen (secondary N) is 2. The Morgan fingerprint density at radius 3 is 2.56 bits per heavy atom. The summed E-state index contributed by atoms with van der Waals surface area (Å²) in [5, 5.41) is 6.66. The summed E-state index contributed by atoms with van der Waals surface area (Å²) in [5.74, 6) is 7.21. The van der Waals surface area contributed by atoms with Crippen LogP contribution in [-0.4, -0.2) is 31.0 Å². The third kappa shape index (κ3) is 4.23. The lowest BCUT2D eigenvalue weighted by molar-refractivity contribution is 0.596. The van der Waals surface area contributed by atoms with Crippen LogP contribution in [0.3, 0.4) is 0 Å². The Kier molecular flexibility index (Phi) is 5.62. The summed E-state index contributed by atoms with van der Waals surface area (Å²) < 4.78 is 26.5. The second kappa shape index (κ2) is 8.71. The van der Waals surface area contributed by atoms with Crippen LogP contribution in [-0.2, 0) is 9.84 Å². The Bertz CT molecular complexity index is 1410. The molecule has 0 amide bonds. The van der Waals surface area contributed by atoms with E-state index in [0.717, 1.165) is 40.2 Å². The topological polar surface area (TPSA) is 84.0 Å². The van der Waals surface area contributed by atoms with Crippen LogP contribution in [0.5, 0.6) is 0 Å². The maximum atomic E-state index is 12.8. The highest BCUT2D eigenvalue weighted by molar-refractivity contribution is 7.91. The second-order valence-corrected chi connectivity index (χ2v) is 10.4. The highest BCUT2D eigenvalue weighted by Crippen LogP contribution is 2.31. The van der Waals surface area contributed by atoms with Crippen LogP contribution in [0.4, 0.5) is 11.5 Å². The first-order chi connectivity index (χ1) is 15.6. The fourth-order valence-electron chi connectivity index (χ4n) is 3.56. The van der Waals surface area contributed by atoms with Gasteiger partial charge < -0.3 is 10.6 Å². The highest BCUT2D eigenvalue weighted by Gasteiger charge is 2.17. The maximum Gasteiger partial charge on any atom is 0.206 e. The van der Waals surface area contributed by atoms with Crippen molar-refractivity contribution in [2.45, 2.75) is 28.7 Å². The number of rotatable bonds is 4. The average molecular weight is 461 g/mol. The zero-order valence-electron chi connectivity index (χ0n) is 17.1. The van der Waals surface area contributed by atoms with Crippen LogP contribution < -0.4 is 10.6 Å². The average Bonchev–Trinajstić information content (AvgIpc) is 3.49. The predicted molar refractivity (Wildman–Crippen MR) is 127 cm³/mol. The summed E-state index contributed by atoms with van der Waals surface area (Å²) >= 11 is 1.55. The molecule has 1 fully saturated rings. The molecule has 4 aromatic rings. The standard InChI is InChI=1S/C24H20N4O2S2/c29-32(30,20-6-2-1-3-7-20)21-12-9-18(10-13-21)28-24-23-22(26-16-27-24)15-19(31-23)11-8-17-5-4-14-25-17/h1-3,6-7,9-10,12-13,15-17,25H,4-5,14H2,(H,26,27,28). The molecule has 1 aliphatic rings. The molecule has 2 aromatic carbocycles. The molecule has 1 atom stereocenters. The monoisotopic (exact) mass is 460 g/mol. The van der Waals surface area contributed by atoms with E-state index in [4.69, 9.17) is 0 Å². The first-order valence-corrected chi connectivity index (χ1v) is 12.6. The lowest BCUT2D eigenvalue weighted by Gasteiger charge is -2.08. The minimum absolute atomic E-state index is 0.247. The molecule has 2 N–H and O–H groups in total. The zero-order chi connectivity index (χ0) is 22.0. The second-order valence-electron chi connectivity index (χ2n) is 7.43. The summed E-state index contributed by atoms with van der Waals surface area (Å²) in [7, 11) is -3.55. The van der Waals surface area contributed by atoms with Crippen molar-refractivity contribution < 1.29 is 8.42 Å². The number of thiophene rings is 1. The molecule has 2 aromatic heterocycles. The van der Waals surface area contributed by atoms with Gasteiger partial charge in [-0.15, -0.1) is 11.3 Å². The van der Waals surface area contributed by atoms with Crippen LogP contribution in [0.15, 0.2) is 76.8 Å². The fourth-order valence-corrected chi connectivity index (χ4v) is 5.76. The van der Waals surface area contributed by atoms with Gasteiger partial charge in [-0.1, -0.05) is 30.0 Å². The molecular weight excluding hydrogens is 440 g/mol. The highest BCUT2D eigenvalue weighted by atomic mass is 32.2. The molecule has 6 nitrogen and oxygen atoms in total. The molecule has 1 unspecified atom stereocenters. The van der Waals surface area contributed by atoms with E-state index in [-0.39, 0.29) is 15.8 Å². The molecule has 1 saturated heterocycles. The number of aromatic nitrogens is 2. The maximum absolute atomic E-state index is 12.8. The van der Waals surface area contributed by atoms with E-state index in [1.54, 1.807) is 65.9 Å². The number of hydrogen-bond acceptors (Lipinski definition) is 7. The van der Waals surface area contributed by atoms with Crippen molar-refractivity contribution in [3.8, 4) is 11.8 Å². The van der Waals surface area contributed by atoms with E-state index in [2.05, 4.69) is 32.4 Å². The van der Waals surface area contributed by atoms with Crippen LogP contribution in [0.2, 0.25) is 0 Å². The van der Waals surface area contributed by atoms with Crippen LogP contribution >= 0.6 is 11.3 Å². The van der Waals surface area contributed by atoms with Gasteiger partial charge in [-0.05, 0) is 61.9 Å². The van der Waals surface area contributed by atoms with Crippen molar-refractivity contribution in [2.75, 3.05) is 11.9 Å². The number of anilines is 2. The van der Waals surface area contributed by atoms with Gasteiger partial charge in [0.05, 0.1) is 30.9 Å². The molecule has 160 valence electrons. The molecule has 8 heteroatoms. The molecule has 3 heterocycles. The van der Waals surface area contributed by atoms with E-state index in [9.17, 15) is 8.42 Å². The Morgan fingerprint density at radius 2 is 1.81 bits per heavy atom. The molecule has 1 aliphatic heterocycles. The molecule has 0 spiro atoms. The first-order valence-electron chi connectivity index (χ1n) is 10.3. The van der Waals surface area contributed by atoms with Gasteiger partial charge in [-0.25, -0.2) is 18.4 Å². The smallest absolute Gasteiger partial charge is 0.206 e. The zero-order valence-corrected chi connectivity index (χ0v) is 18.7. The minimum atomic E-state index is -3.55. The van der Waals surface area contributed by atoms with Gasteiger partial charge in [0.1, 0.15) is 6.33 Å². The Hall–Kier alpha value is -3.25. The van der Waals surface area contributed by atoms with Crippen molar-refractivity contribution in [1.82, 2.24) is 15.3 Å². The largest absolute Gasteiger partial charge is 0.339 e. The Balaban J connectivity index is 1.38. The number of benzene rings is 2. The summed E-state index contributed by atoms with van der Waals surface area (Å²) in [4.78, 5) is 10.2. The van der Waals surface area contributed by atoms with Crippen molar-refractivity contribution in [1.29, 1.82) is 0 Å². The first kappa shape index (κ1) is 20.6. The number of hydrogen-bond donors (Lipinski definition) is 2. The van der Waals surface area contributed by atoms with Crippen molar-refractivity contribution in [3.05, 3.63) is 71.9 Å². The van der Waals surface area contributed by atoms with Gasteiger partial charge in [0.25, 0.3) is 0 Å². The predicted octanol–water partition coefficient (Wildman–Crippen LogP) is 4.37. The van der Waals surface area contributed by atoms with Crippen LogP contribution in [0, 0.1) is 11.8 Å². The van der Waals surface area contributed by atoms with E-state index in [1.807, 2.05) is 6.07 Å². The molecule has 5 rings (SSSR count). The fraction of sp³-hybridized carbons (Fsp3) is 0.167. The van der Waals surface area contributed by atoms with Gasteiger partial charge in [0, 0.05) is 5.69 Å². The van der Waals surface area contributed by atoms with E-state index >= 15 is 0 Å². The van der Waals surface area contributed by atoms with Gasteiger partial charge in [-0.3, -0.25) is 0 Å². The molecule has 0 aliphatic carbocycles. The molecule has 0 radical (unpaired) electrons.